The lowest BCUT2D eigenvalue weighted by Gasteiger charge is -2.13. The zero-order chi connectivity index (χ0) is 20.3. The number of allylic oxidation sites excluding steroid dienone is 1. The third-order valence-corrected chi connectivity index (χ3v) is 6.05. The highest BCUT2D eigenvalue weighted by Crippen LogP contribution is 2.28. The van der Waals surface area contributed by atoms with E-state index in [1.807, 2.05) is 28.8 Å². The van der Waals surface area contributed by atoms with Crippen LogP contribution in [0.1, 0.15) is 6.92 Å². The lowest BCUT2D eigenvalue weighted by atomic mass is 10.3. The Kier molecular flexibility index (Phi) is 5.87. The zero-order valence-electron chi connectivity index (χ0n) is 15.2. The molecule has 146 valence electrons. The molecule has 1 unspecified atom stereocenters. The van der Waals surface area contributed by atoms with Gasteiger partial charge in [-0.1, -0.05) is 30.0 Å². The van der Waals surface area contributed by atoms with Crippen molar-refractivity contribution in [2.75, 3.05) is 5.32 Å². The number of nitrogens with one attached hydrogen (secondary N) is 1. The van der Waals surface area contributed by atoms with E-state index in [0.717, 1.165) is 16.2 Å². The van der Waals surface area contributed by atoms with Crippen molar-refractivity contribution >= 4 is 44.4 Å². The number of thioether (sulfide) groups is 1. The maximum Gasteiger partial charge on any atom is 0.238 e. The Morgan fingerprint density at radius 1 is 1.29 bits per heavy atom. The van der Waals surface area contributed by atoms with Crippen LogP contribution in [0.15, 0.2) is 71.2 Å². The number of benzene rings is 2. The number of amides is 1. The van der Waals surface area contributed by atoms with Gasteiger partial charge in [-0.15, -0.1) is 6.58 Å². The van der Waals surface area contributed by atoms with Gasteiger partial charge in [-0.05, 0) is 43.3 Å². The molecule has 7 nitrogen and oxygen atoms in total. The Balaban J connectivity index is 1.75. The van der Waals surface area contributed by atoms with Crippen molar-refractivity contribution in [3.63, 3.8) is 0 Å². The van der Waals surface area contributed by atoms with E-state index < -0.39 is 15.3 Å². The van der Waals surface area contributed by atoms with Crippen molar-refractivity contribution in [2.45, 2.75) is 28.8 Å². The predicted octanol–water partition coefficient (Wildman–Crippen LogP) is 2.99. The van der Waals surface area contributed by atoms with E-state index in [4.69, 9.17) is 5.14 Å². The normalized spacial score (nSPS) is 12.6. The van der Waals surface area contributed by atoms with Crippen molar-refractivity contribution in [3.05, 3.63) is 61.2 Å². The van der Waals surface area contributed by atoms with Crippen LogP contribution in [-0.4, -0.2) is 29.1 Å². The van der Waals surface area contributed by atoms with E-state index in [-0.39, 0.29) is 10.8 Å². The molecule has 0 radical (unpaired) electrons. The van der Waals surface area contributed by atoms with Gasteiger partial charge >= 0.3 is 0 Å². The van der Waals surface area contributed by atoms with Gasteiger partial charge in [0.25, 0.3) is 0 Å². The predicted molar refractivity (Wildman–Crippen MR) is 112 cm³/mol. The summed E-state index contributed by atoms with van der Waals surface area (Å²) in [6, 6.07) is 13.5. The first-order valence-corrected chi connectivity index (χ1v) is 10.9. The molecule has 0 saturated heterocycles. The minimum Gasteiger partial charge on any atom is -0.325 e. The molecule has 3 N–H and O–H groups in total. The first-order chi connectivity index (χ1) is 13.3. The molecule has 3 rings (SSSR count). The van der Waals surface area contributed by atoms with Gasteiger partial charge in [0, 0.05) is 12.2 Å². The third kappa shape index (κ3) is 4.44. The Labute approximate surface area is 167 Å². The highest BCUT2D eigenvalue weighted by molar-refractivity contribution is 8.00. The van der Waals surface area contributed by atoms with Gasteiger partial charge in [0.15, 0.2) is 5.16 Å². The van der Waals surface area contributed by atoms with Crippen molar-refractivity contribution < 1.29 is 13.2 Å². The molecule has 3 aromatic rings. The number of primary sulfonamides is 1. The smallest absolute Gasteiger partial charge is 0.238 e. The van der Waals surface area contributed by atoms with E-state index in [9.17, 15) is 13.2 Å². The largest absolute Gasteiger partial charge is 0.325 e. The lowest BCUT2D eigenvalue weighted by Crippen LogP contribution is -2.23. The second-order valence-corrected chi connectivity index (χ2v) is 8.97. The summed E-state index contributed by atoms with van der Waals surface area (Å²) in [6.07, 6.45) is 1.79. The first-order valence-electron chi connectivity index (χ1n) is 8.46. The fraction of sp³-hybridized carbons (Fsp3) is 0.158. The molecule has 1 aromatic heterocycles. The van der Waals surface area contributed by atoms with Gasteiger partial charge in [0.1, 0.15) is 0 Å². The van der Waals surface area contributed by atoms with Crippen LogP contribution in [0.4, 0.5) is 5.69 Å². The van der Waals surface area contributed by atoms with Gasteiger partial charge in [-0.2, -0.15) is 0 Å². The molecule has 9 heteroatoms. The molecule has 0 saturated carbocycles. The summed E-state index contributed by atoms with van der Waals surface area (Å²) in [5, 5.41) is 8.16. The maximum absolute atomic E-state index is 12.6. The number of imidazole rings is 1. The molecule has 0 aliphatic heterocycles. The highest BCUT2D eigenvalue weighted by Gasteiger charge is 2.19. The van der Waals surface area contributed by atoms with Gasteiger partial charge in [-0.25, -0.2) is 18.5 Å². The minimum atomic E-state index is -3.76. The summed E-state index contributed by atoms with van der Waals surface area (Å²) in [5.41, 5.74) is 2.33. The van der Waals surface area contributed by atoms with Crippen LogP contribution in [-0.2, 0) is 21.4 Å². The first kappa shape index (κ1) is 20.1. The van der Waals surface area contributed by atoms with E-state index in [1.54, 1.807) is 13.0 Å². The molecule has 1 atom stereocenters. The maximum atomic E-state index is 12.6. The number of carbonyl (C=O) groups is 1. The number of carbonyl (C=O) groups excluding carboxylic acids is 1. The summed E-state index contributed by atoms with van der Waals surface area (Å²) in [4.78, 5) is 17.2. The fourth-order valence-corrected chi connectivity index (χ4v) is 4.08. The van der Waals surface area contributed by atoms with Gasteiger partial charge in [0.05, 0.1) is 21.2 Å². The van der Waals surface area contributed by atoms with Gasteiger partial charge < -0.3 is 9.88 Å². The Bertz CT molecular complexity index is 1120. The monoisotopic (exact) mass is 416 g/mol. The van der Waals surface area contributed by atoms with Gasteiger partial charge in [-0.3, -0.25) is 4.79 Å². The Morgan fingerprint density at radius 3 is 2.61 bits per heavy atom. The molecule has 0 fully saturated rings. The minimum absolute atomic E-state index is 0.00827. The van der Waals surface area contributed by atoms with Crippen LogP contribution in [0, 0.1) is 0 Å². The average molecular weight is 417 g/mol. The van der Waals surface area contributed by atoms with Gasteiger partial charge in [0.2, 0.25) is 15.9 Å². The van der Waals surface area contributed by atoms with Crippen LogP contribution in [0.25, 0.3) is 11.0 Å². The van der Waals surface area contributed by atoms with E-state index in [2.05, 4.69) is 16.9 Å². The van der Waals surface area contributed by atoms with Crippen molar-refractivity contribution in [1.29, 1.82) is 0 Å². The molecular formula is C19H20N4O3S2. The highest BCUT2D eigenvalue weighted by atomic mass is 32.2. The number of para-hydroxylation sites is 2. The molecular weight excluding hydrogens is 396 g/mol. The van der Waals surface area contributed by atoms with Crippen LogP contribution in [0.3, 0.4) is 0 Å². The quantitative estimate of drug-likeness (QED) is 0.455. The Hall–Kier alpha value is -2.62. The summed E-state index contributed by atoms with van der Waals surface area (Å²) in [6.45, 7) is 6.17. The molecule has 2 aromatic carbocycles. The molecule has 0 aliphatic carbocycles. The van der Waals surface area contributed by atoms with Crippen LogP contribution < -0.4 is 10.5 Å². The SMILES string of the molecule is C=CCn1c(SC(C)C(=O)Nc2ccc(S(N)(=O)=O)cc2)nc2ccccc21. The zero-order valence-corrected chi connectivity index (χ0v) is 16.8. The summed E-state index contributed by atoms with van der Waals surface area (Å²) in [5.74, 6) is -0.217. The average Bonchev–Trinajstić information content (AvgIpc) is 2.99. The third-order valence-electron chi connectivity index (χ3n) is 4.03. The molecule has 0 spiro atoms. The second kappa shape index (κ2) is 8.17. The topological polar surface area (TPSA) is 107 Å². The number of aromatic nitrogens is 2. The molecule has 1 heterocycles. The molecule has 28 heavy (non-hydrogen) atoms. The van der Waals surface area contributed by atoms with Crippen LogP contribution in [0.5, 0.6) is 0 Å². The lowest BCUT2D eigenvalue weighted by molar-refractivity contribution is -0.115. The van der Waals surface area contributed by atoms with E-state index in [0.29, 0.717) is 12.2 Å². The molecule has 0 aliphatic rings. The van der Waals surface area contributed by atoms with E-state index >= 15 is 0 Å². The summed E-state index contributed by atoms with van der Waals surface area (Å²) in [7, 11) is -3.76. The van der Waals surface area contributed by atoms with Crippen LogP contribution in [0.2, 0.25) is 0 Å². The van der Waals surface area contributed by atoms with Crippen LogP contribution >= 0.6 is 11.8 Å². The number of fused-ring (bicyclic) bond motifs is 1. The van der Waals surface area contributed by atoms with Crippen molar-refractivity contribution in [1.82, 2.24) is 9.55 Å². The number of hydrogen-bond donors (Lipinski definition) is 2. The number of anilines is 1. The standard InChI is InChI=1S/C19H20N4O3S2/c1-3-12-23-17-7-5-4-6-16(17)22-19(23)27-13(2)18(24)21-14-8-10-15(11-9-14)28(20,25)26/h3-11,13H,1,12H2,2H3,(H,21,24)(H2,20,25,26). The summed E-state index contributed by atoms with van der Waals surface area (Å²) < 4.78 is 24.6. The molecule has 1 amide bonds. The number of nitrogens with zero attached hydrogens (tertiary/aromatic N) is 2. The number of rotatable bonds is 7. The van der Waals surface area contributed by atoms with Crippen molar-refractivity contribution in [3.8, 4) is 0 Å². The van der Waals surface area contributed by atoms with Crippen molar-refractivity contribution in [2.24, 2.45) is 5.14 Å². The molecule has 0 bridgehead atoms. The second-order valence-electron chi connectivity index (χ2n) is 6.10. The fourth-order valence-electron chi connectivity index (χ4n) is 2.63. The Morgan fingerprint density at radius 2 is 1.96 bits per heavy atom. The number of sulfonamides is 1. The number of nitrogens with two attached hydrogens (primary N) is 1. The summed E-state index contributed by atoms with van der Waals surface area (Å²) >= 11 is 1.35. The number of hydrogen-bond acceptors (Lipinski definition) is 5. The van der Waals surface area contributed by atoms with E-state index in [1.165, 1.54) is 36.0 Å².